The van der Waals surface area contributed by atoms with Gasteiger partial charge in [0.25, 0.3) is 5.91 Å². The number of para-hydroxylation sites is 1. The molecule has 3 aromatic rings. The largest absolute Gasteiger partial charge is 0.497 e. The Morgan fingerprint density at radius 2 is 1.96 bits per heavy atom. The molecule has 24 heavy (non-hydrogen) atoms. The highest BCUT2D eigenvalue weighted by molar-refractivity contribution is 6.06. The van der Waals surface area contributed by atoms with E-state index in [-0.39, 0.29) is 12.5 Å². The maximum absolute atomic E-state index is 13.0. The Kier molecular flexibility index (Phi) is 4.42. The maximum Gasteiger partial charge on any atom is 0.340 e. The lowest BCUT2D eigenvalue weighted by atomic mass is 10.1. The number of nitrogens with zero attached hydrogens (tertiary/aromatic N) is 2. The van der Waals surface area contributed by atoms with Gasteiger partial charge in [-0.05, 0) is 30.3 Å². The Hall–Kier alpha value is -3.35. The number of hydrogen-bond acceptors (Lipinski definition) is 4. The summed E-state index contributed by atoms with van der Waals surface area (Å²) < 4.78 is 5.18. The Labute approximate surface area is 137 Å². The molecule has 1 aromatic heterocycles. The van der Waals surface area contributed by atoms with Crippen molar-refractivity contribution in [1.82, 2.24) is 15.2 Å². The zero-order chi connectivity index (χ0) is 16.9. The number of methoxy groups -OCH3 is 1. The molecule has 1 heterocycles. The van der Waals surface area contributed by atoms with Crippen LogP contribution in [0.25, 0.3) is 0 Å². The number of aromatic nitrogens is 3. The quantitative estimate of drug-likeness (QED) is 0.750. The van der Waals surface area contributed by atoms with Crippen LogP contribution in [0.3, 0.4) is 0 Å². The Balaban J connectivity index is 1.97. The van der Waals surface area contributed by atoms with Crippen LogP contribution in [0.2, 0.25) is 0 Å². The molecule has 7 heteroatoms. The molecule has 0 spiro atoms. The number of rotatable bonds is 5. The Morgan fingerprint density at radius 3 is 2.62 bits per heavy atom. The van der Waals surface area contributed by atoms with Gasteiger partial charge in [-0.15, -0.1) is 0 Å². The van der Waals surface area contributed by atoms with Gasteiger partial charge in [0.1, 0.15) is 5.75 Å². The minimum Gasteiger partial charge on any atom is -0.497 e. The van der Waals surface area contributed by atoms with Crippen LogP contribution in [-0.4, -0.2) is 28.2 Å². The number of hydrogen-bond donors (Lipinski definition) is 2. The number of carbonyl (C=O) groups is 1. The highest BCUT2D eigenvalue weighted by Crippen LogP contribution is 2.21. The normalized spacial score (nSPS) is 10.4. The molecule has 0 aliphatic carbocycles. The van der Waals surface area contributed by atoms with E-state index in [0.717, 1.165) is 0 Å². The average Bonchev–Trinajstić information content (AvgIpc) is 3.05. The molecule has 0 aliphatic heterocycles. The zero-order valence-corrected chi connectivity index (χ0v) is 13.0. The van der Waals surface area contributed by atoms with Gasteiger partial charge in [-0.3, -0.25) is 9.78 Å². The van der Waals surface area contributed by atoms with Crippen molar-refractivity contribution in [3.63, 3.8) is 0 Å². The minimum atomic E-state index is -0.410. The van der Waals surface area contributed by atoms with Crippen LogP contribution < -0.4 is 15.3 Å². The molecule has 0 saturated heterocycles. The van der Waals surface area contributed by atoms with Crippen molar-refractivity contribution >= 4 is 11.6 Å². The smallest absolute Gasteiger partial charge is 0.340 e. The molecular weight excluding hydrogens is 308 g/mol. The number of benzene rings is 2. The van der Waals surface area contributed by atoms with Crippen LogP contribution in [0.4, 0.5) is 5.69 Å². The van der Waals surface area contributed by atoms with E-state index < -0.39 is 5.69 Å². The average molecular weight is 324 g/mol. The molecule has 122 valence electrons. The zero-order valence-electron chi connectivity index (χ0n) is 13.0. The summed E-state index contributed by atoms with van der Waals surface area (Å²) in [4.78, 5) is 28.3. The van der Waals surface area contributed by atoms with Crippen molar-refractivity contribution in [2.45, 2.75) is 6.54 Å². The standard InChI is InChI=1S/C17H16N4O3/c1-24-14-9-5-6-12(10-14)16(22)21(13-7-3-2-4-8-13)11-15-18-17(23)20-19-15/h2-10H,11H2,1H3,(H2,18,19,20,23). The third-order valence-electron chi connectivity index (χ3n) is 3.49. The lowest BCUT2D eigenvalue weighted by Crippen LogP contribution is -2.31. The first-order valence-electron chi connectivity index (χ1n) is 7.32. The number of carbonyl (C=O) groups excluding carboxylic acids is 1. The molecule has 2 aromatic carbocycles. The molecule has 0 aliphatic rings. The highest BCUT2D eigenvalue weighted by Gasteiger charge is 2.20. The van der Waals surface area contributed by atoms with E-state index >= 15 is 0 Å². The molecule has 3 rings (SSSR count). The van der Waals surface area contributed by atoms with Crippen LogP contribution in [0, 0.1) is 0 Å². The van der Waals surface area contributed by atoms with Crippen LogP contribution in [0.15, 0.2) is 59.4 Å². The van der Waals surface area contributed by atoms with Crippen LogP contribution in [-0.2, 0) is 6.54 Å². The lowest BCUT2D eigenvalue weighted by molar-refractivity contribution is 0.0984. The Morgan fingerprint density at radius 1 is 1.17 bits per heavy atom. The molecule has 1 amide bonds. The van der Waals surface area contributed by atoms with Crippen molar-refractivity contribution in [2.75, 3.05) is 12.0 Å². The summed E-state index contributed by atoms with van der Waals surface area (Å²) in [7, 11) is 1.55. The fourth-order valence-electron chi connectivity index (χ4n) is 2.33. The van der Waals surface area contributed by atoms with E-state index in [0.29, 0.717) is 22.8 Å². The number of ether oxygens (including phenoxy) is 1. The molecule has 2 N–H and O–H groups in total. The summed E-state index contributed by atoms with van der Waals surface area (Å²) >= 11 is 0. The second-order valence-electron chi connectivity index (χ2n) is 5.08. The SMILES string of the molecule is COc1cccc(C(=O)N(Cc2n[nH]c(=O)[nH]2)c2ccccc2)c1. The number of anilines is 1. The van der Waals surface area contributed by atoms with Crippen molar-refractivity contribution in [2.24, 2.45) is 0 Å². The van der Waals surface area contributed by atoms with Crippen molar-refractivity contribution in [3.05, 3.63) is 76.5 Å². The van der Waals surface area contributed by atoms with E-state index in [1.807, 2.05) is 30.3 Å². The lowest BCUT2D eigenvalue weighted by Gasteiger charge is -2.22. The molecule has 7 nitrogen and oxygen atoms in total. The van der Waals surface area contributed by atoms with Gasteiger partial charge in [0.15, 0.2) is 5.82 Å². The first-order valence-corrected chi connectivity index (χ1v) is 7.32. The van der Waals surface area contributed by atoms with Gasteiger partial charge in [0.2, 0.25) is 0 Å². The highest BCUT2D eigenvalue weighted by atomic mass is 16.5. The van der Waals surface area contributed by atoms with Crippen molar-refractivity contribution in [3.8, 4) is 5.75 Å². The number of amides is 1. The van der Waals surface area contributed by atoms with Crippen molar-refractivity contribution < 1.29 is 9.53 Å². The van der Waals surface area contributed by atoms with Gasteiger partial charge in [0.05, 0.1) is 13.7 Å². The van der Waals surface area contributed by atoms with E-state index in [4.69, 9.17) is 4.74 Å². The summed E-state index contributed by atoms with van der Waals surface area (Å²) in [5, 5.41) is 6.18. The maximum atomic E-state index is 13.0. The topological polar surface area (TPSA) is 91.1 Å². The van der Waals surface area contributed by atoms with Crippen LogP contribution >= 0.6 is 0 Å². The summed E-state index contributed by atoms with van der Waals surface area (Å²) in [5.74, 6) is 0.756. The molecule has 0 unspecified atom stereocenters. The summed E-state index contributed by atoms with van der Waals surface area (Å²) in [5.41, 5.74) is 0.775. The van der Waals surface area contributed by atoms with E-state index in [9.17, 15) is 9.59 Å². The predicted octanol–water partition coefficient (Wildman–Crippen LogP) is 1.95. The third-order valence-corrected chi connectivity index (χ3v) is 3.49. The third kappa shape index (κ3) is 3.35. The number of aromatic amines is 2. The minimum absolute atomic E-state index is 0.138. The Bertz CT molecular complexity index is 886. The number of H-pyrrole nitrogens is 2. The molecule has 0 radical (unpaired) electrons. The van der Waals surface area contributed by atoms with Crippen LogP contribution in [0.1, 0.15) is 16.2 Å². The van der Waals surface area contributed by atoms with Gasteiger partial charge in [0, 0.05) is 11.3 Å². The number of nitrogens with one attached hydrogen (secondary N) is 2. The van der Waals surface area contributed by atoms with E-state index in [1.54, 1.807) is 36.3 Å². The van der Waals surface area contributed by atoms with Crippen molar-refractivity contribution in [1.29, 1.82) is 0 Å². The molecule has 0 atom stereocenters. The summed E-state index contributed by atoms with van der Waals surface area (Å²) in [6.45, 7) is 0.138. The fourth-order valence-corrected chi connectivity index (χ4v) is 2.33. The molecule has 0 bridgehead atoms. The second kappa shape index (κ2) is 6.82. The molecular formula is C17H16N4O3. The monoisotopic (exact) mass is 324 g/mol. The van der Waals surface area contributed by atoms with Gasteiger partial charge in [-0.1, -0.05) is 24.3 Å². The first-order chi connectivity index (χ1) is 11.7. The predicted molar refractivity (Wildman–Crippen MR) is 89.2 cm³/mol. The van der Waals surface area contributed by atoms with Gasteiger partial charge < -0.3 is 9.64 Å². The fraction of sp³-hybridized carbons (Fsp3) is 0.118. The van der Waals surface area contributed by atoms with Gasteiger partial charge in [-0.25, -0.2) is 9.89 Å². The first kappa shape index (κ1) is 15.5. The van der Waals surface area contributed by atoms with E-state index in [1.165, 1.54) is 0 Å². The second-order valence-corrected chi connectivity index (χ2v) is 5.08. The van der Waals surface area contributed by atoms with Crippen LogP contribution in [0.5, 0.6) is 5.75 Å². The molecule has 0 fully saturated rings. The van der Waals surface area contributed by atoms with E-state index in [2.05, 4.69) is 15.2 Å². The molecule has 0 saturated carbocycles. The summed E-state index contributed by atoms with van der Waals surface area (Å²) in [6.07, 6.45) is 0. The van der Waals surface area contributed by atoms with Gasteiger partial charge in [-0.2, -0.15) is 5.10 Å². The van der Waals surface area contributed by atoms with Gasteiger partial charge >= 0.3 is 5.69 Å². The summed E-state index contributed by atoms with van der Waals surface area (Å²) in [6, 6.07) is 16.1.